The molecule has 32 heavy (non-hydrogen) atoms. The van der Waals surface area contributed by atoms with Crippen molar-refractivity contribution in [2.75, 3.05) is 0 Å². The highest BCUT2D eigenvalue weighted by Crippen LogP contribution is 2.38. The van der Waals surface area contributed by atoms with Crippen LogP contribution < -0.4 is 0 Å². The first-order chi connectivity index (χ1) is 15.6. The van der Waals surface area contributed by atoms with E-state index in [1.807, 2.05) is 6.07 Å². The van der Waals surface area contributed by atoms with Crippen molar-refractivity contribution in [1.29, 1.82) is 0 Å². The lowest BCUT2D eigenvalue weighted by molar-refractivity contribution is 0.304. The Morgan fingerprint density at radius 1 is 0.781 bits per heavy atom. The molecule has 3 aromatic carbocycles. The van der Waals surface area contributed by atoms with Crippen LogP contribution in [0.15, 0.2) is 66.7 Å². The molecule has 1 saturated carbocycles. The molecule has 1 aliphatic rings. The SMILES string of the molecule is CCCCC1CCC(c2ccc(-c3ccc(CCc4ccc(C)cc4)cc3)c(F)c2)CC1. The Morgan fingerprint density at radius 3 is 2.00 bits per heavy atom. The highest BCUT2D eigenvalue weighted by Gasteiger charge is 2.22. The molecule has 0 spiro atoms. The zero-order valence-corrected chi connectivity index (χ0v) is 19.7. The quantitative estimate of drug-likeness (QED) is 0.336. The van der Waals surface area contributed by atoms with E-state index in [0.29, 0.717) is 5.92 Å². The van der Waals surface area contributed by atoms with Crippen molar-refractivity contribution in [2.24, 2.45) is 5.92 Å². The predicted octanol–water partition coefficient (Wildman–Crippen LogP) is 9.05. The lowest BCUT2D eigenvalue weighted by Gasteiger charge is -2.29. The summed E-state index contributed by atoms with van der Waals surface area (Å²) >= 11 is 0. The Kier molecular flexibility index (Phi) is 7.79. The Morgan fingerprint density at radius 2 is 1.41 bits per heavy atom. The van der Waals surface area contributed by atoms with Crippen LogP contribution in [0.2, 0.25) is 0 Å². The molecule has 0 saturated heterocycles. The highest BCUT2D eigenvalue weighted by molar-refractivity contribution is 5.65. The van der Waals surface area contributed by atoms with E-state index in [0.717, 1.165) is 29.9 Å². The summed E-state index contributed by atoms with van der Waals surface area (Å²) in [5, 5.41) is 0. The second-order valence-corrected chi connectivity index (χ2v) is 9.78. The van der Waals surface area contributed by atoms with E-state index in [1.54, 1.807) is 6.07 Å². The largest absolute Gasteiger partial charge is 0.206 e. The van der Waals surface area contributed by atoms with Gasteiger partial charge < -0.3 is 0 Å². The summed E-state index contributed by atoms with van der Waals surface area (Å²) in [5.41, 5.74) is 6.83. The molecule has 0 radical (unpaired) electrons. The molecule has 0 heterocycles. The van der Waals surface area contributed by atoms with Gasteiger partial charge in [0.1, 0.15) is 5.82 Å². The normalized spacial score (nSPS) is 18.6. The molecular weight excluding hydrogens is 391 g/mol. The Labute approximate surface area is 193 Å². The van der Waals surface area contributed by atoms with Gasteiger partial charge in [0.05, 0.1) is 0 Å². The maximum absolute atomic E-state index is 15.0. The van der Waals surface area contributed by atoms with Crippen LogP contribution in [-0.4, -0.2) is 0 Å². The monoisotopic (exact) mass is 428 g/mol. The third-order valence-corrected chi connectivity index (χ3v) is 7.37. The molecule has 0 atom stereocenters. The average molecular weight is 429 g/mol. The maximum atomic E-state index is 15.0. The van der Waals surface area contributed by atoms with Crippen molar-refractivity contribution in [3.8, 4) is 11.1 Å². The first-order valence-corrected chi connectivity index (χ1v) is 12.6. The number of benzene rings is 3. The standard InChI is InChI=1S/C31H37F/c1-3-4-5-24-12-16-27(17-13-24)29-20-21-30(31(32)22-29)28-18-14-26(15-19-28)11-10-25-8-6-23(2)7-9-25/h6-9,14-15,18-22,24,27H,3-5,10-13,16-17H2,1-2H3. The number of rotatable bonds is 8. The fraction of sp³-hybridized carbons (Fsp3) is 0.419. The first kappa shape index (κ1) is 22.8. The van der Waals surface area contributed by atoms with E-state index < -0.39 is 0 Å². The van der Waals surface area contributed by atoms with Gasteiger partial charge >= 0.3 is 0 Å². The molecule has 3 aromatic rings. The molecule has 1 fully saturated rings. The van der Waals surface area contributed by atoms with E-state index in [4.69, 9.17) is 0 Å². The minimum absolute atomic E-state index is 0.0805. The van der Waals surface area contributed by atoms with Gasteiger partial charge in [0.15, 0.2) is 0 Å². The van der Waals surface area contributed by atoms with Crippen molar-refractivity contribution in [2.45, 2.75) is 77.6 Å². The lowest BCUT2D eigenvalue weighted by Crippen LogP contribution is -2.13. The molecule has 1 aliphatic carbocycles. The Bertz CT molecular complexity index is 976. The van der Waals surface area contributed by atoms with Crippen molar-refractivity contribution in [3.05, 3.63) is 94.8 Å². The number of aryl methyl sites for hydroxylation is 3. The van der Waals surface area contributed by atoms with E-state index in [2.05, 4.69) is 68.4 Å². The van der Waals surface area contributed by atoms with E-state index >= 15 is 4.39 Å². The van der Waals surface area contributed by atoms with Crippen LogP contribution in [0.1, 0.15) is 80.0 Å². The Hall–Kier alpha value is -2.41. The van der Waals surface area contributed by atoms with Crippen molar-refractivity contribution in [1.82, 2.24) is 0 Å². The fourth-order valence-electron chi connectivity index (χ4n) is 5.19. The van der Waals surface area contributed by atoms with Gasteiger partial charge in [-0.2, -0.15) is 0 Å². The van der Waals surface area contributed by atoms with Crippen LogP contribution in [0.4, 0.5) is 4.39 Å². The topological polar surface area (TPSA) is 0 Å². The van der Waals surface area contributed by atoms with Gasteiger partial charge in [-0.1, -0.05) is 92.4 Å². The number of hydrogen-bond donors (Lipinski definition) is 0. The molecule has 0 bridgehead atoms. The summed E-state index contributed by atoms with van der Waals surface area (Å²) in [5.74, 6) is 1.34. The second kappa shape index (κ2) is 10.9. The number of halogens is 1. The lowest BCUT2D eigenvalue weighted by atomic mass is 9.77. The zero-order valence-electron chi connectivity index (χ0n) is 19.7. The van der Waals surface area contributed by atoms with Gasteiger partial charge in [-0.05, 0) is 85.6 Å². The van der Waals surface area contributed by atoms with Crippen LogP contribution in [0.3, 0.4) is 0 Å². The zero-order chi connectivity index (χ0) is 22.3. The van der Waals surface area contributed by atoms with Crippen molar-refractivity contribution < 1.29 is 4.39 Å². The molecule has 0 aromatic heterocycles. The van der Waals surface area contributed by atoms with E-state index in [9.17, 15) is 0 Å². The minimum Gasteiger partial charge on any atom is -0.206 e. The van der Waals surface area contributed by atoms with Crippen molar-refractivity contribution >= 4 is 0 Å². The summed E-state index contributed by atoms with van der Waals surface area (Å²) in [4.78, 5) is 0. The first-order valence-electron chi connectivity index (χ1n) is 12.6. The van der Waals surface area contributed by atoms with Gasteiger partial charge in [0.2, 0.25) is 0 Å². The predicted molar refractivity (Wildman–Crippen MR) is 135 cm³/mol. The van der Waals surface area contributed by atoms with E-state index in [-0.39, 0.29) is 5.82 Å². The van der Waals surface area contributed by atoms with Crippen LogP contribution in [0, 0.1) is 18.7 Å². The fourth-order valence-corrected chi connectivity index (χ4v) is 5.19. The van der Waals surface area contributed by atoms with Gasteiger partial charge in [0, 0.05) is 5.56 Å². The maximum Gasteiger partial charge on any atom is 0.131 e. The molecule has 0 N–H and O–H groups in total. The molecule has 1 heteroatoms. The molecule has 0 unspecified atom stereocenters. The summed E-state index contributed by atoms with van der Waals surface area (Å²) in [7, 11) is 0. The van der Waals surface area contributed by atoms with E-state index in [1.165, 1.54) is 67.2 Å². The van der Waals surface area contributed by atoms with Crippen LogP contribution in [0.5, 0.6) is 0 Å². The van der Waals surface area contributed by atoms with Crippen LogP contribution in [-0.2, 0) is 12.8 Å². The smallest absolute Gasteiger partial charge is 0.131 e. The van der Waals surface area contributed by atoms with Crippen molar-refractivity contribution in [3.63, 3.8) is 0 Å². The number of hydrogen-bond acceptors (Lipinski definition) is 0. The van der Waals surface area contributed by atoms with Crippen LogP contribution in [0.25, 0.3) is 11.1 Å². The van der Waals surface area contributed by atoms with Gasteiger partial charge in [0.25, 0.3) is 0 Å². The Balaban J connectivity index is 1.36. The molecule has 0 aliphatic heterocycles. The number of unbranched alkanes of at least 4 members (excludes halogenated alkanes) is 1. The van der Waals surface area contributed by atoms with Gasteiger partial charge in [-0.15, -0.1) is 0 Å². The van der Waals surface area contributed by atoms with Gasteiger partial charge in [-0.25, -0.2) is 4.39 Å². The third-order valence-electron chi connectivity index (χ3n) is 7.37. The second-order valence-electron chi connectivity index (χ2n) is 9.78. The van der Waals surface area contributed by atoms with Gasteiger partial charge in [-0.3, -0.25) is 0 Å². The molecule has 0 nitrogen and oxygen atoms in total. The molecule has 0 amide bonds. The minimum atomic E-state index is -0.0805. The third kappa shape index (κ3) is 5.88. The molecule has 168 valence electrons. The summed E-state index contributed by atoms with van der Waals surface area (Å²) in [6, 6.07) is 23.2. The summed E-state index contributed by atoms with van der Waals surface area (Å²) < 4.78 is 15.0. The van der Waals surface area contributed by atoms with Crippen LogP contribution >= 0.6 is 0 Å². The molecule has 4 rings (SSSR count). The summed E-state index contributed by atoms with van der Waals surface area (Å²) in [6.07, 6.45) is 11.1. The molecular formula is C31H37F. The summed E-state index contributed by atoms with van der Waals surface area (Å²) in [6.45, 7) is 4.39. The highest BCUT2D eigenvalue weighted by atomic mass is 19.1. The average Bonchev–Trinajstić information content (AvgIpc) is 2.83.